The molecule has 2 N–H and O–H groups in total. The molecule has 4 nitrogen and oxygen atoms in total. The Morgan fingerprint density at radius 1 is 1.40 bits per heavy atom. The van der Waals surface area contributed by atoms with Crippen molar-refractivity contribution in [1.82, 2.24) is 4.90 Å². The third-order valence-electron chi connectivity index (χ3n) is 2.60. The maximum absolute atomic E-state index is 11.9. The molecule has 0 aromatic rings. The molecule has 4 heteroatoms. The minimum atomic E-state index is -0.0988. The van der Waals surface area contributed by atoms with Gasteiger partial charge < -0.3 is 15.4 Å². The van der Waals surface area contributed by atoms with E-state index in [-0.39, 0.29) is 17.9 Å². The standard InChI is InChI=1S/C11H24N2O2/c1-5-9(6-2)11(14)13(3)7-10(12)8-15-4/h9-10H,5-8,12H2,1-4H3. The number of likely N-dealkylation sites (N-methyl/N-ethyl adjacent to an activating group) is 1. The van der Waals surface area contributed by atoms with Crippen molar-refractivity contribution in [3.63, 3.8) is 0 Å². The summed E-state index contributed by atoms with van der Waals surface area (Å²) >= 11 is 0. The average Bonchev–Trinajstić information content (AvgIpc) is 2.19. The quantitative estimate of drug-likeness (QED) is 0.686. The van der Waals surface area contributed by atoms with E-state index in [2.05, 4.69) is 0 Å². The molecule has 0 spiro atoms. The van der Waals surface area contributed by atoms with Crippen LogP contribution in [0.3, 0.4) is 0 Å². The molecule has 0 bridgehead atoms. The molecule has 0 heterocycles. The Kier molecular flexibility index (Phi) is 7.34. The smallest absolute Gasteiger partial charge is 0.225 e. The molecule has 1 amide bonds. The molecule has 0 fully saturated rings. The van der Waals surface area contributed by atoms with E-state index in [1.54, 1.807) is 19.1 Å². The van der Waals surface area contributed by atoms with Gasteiger partial charge in [-0.05, 0) is 12.8 Å². The van der Waals surface area contributed by atoms with Crippen LogP contribution in [0.1, 0.15) is 26.7 Å². The Hall–Kier alpha value is -0.610. The number of rotatable bonds is 7. The van der Waals surface area contributed by atoms with Crippen molar-refractivity contribution in [2.24, 2.45) is 11.7 Å². The number of nitrogens with zero attached hydrogens (tertiary/aromatic N) is 1. The van der Waals surface area contributed by atoms with Gasteiger partial charge in [-0.3, -0.25) is 4.79 Å². The zero-order valence-electron chi connectivity index (χ0n) is 10.3. The third-order valence-corrected chi connectivity index (χ3v) is 2.60. The summed E-state index contributed by atoms with van der Waals surface area (Å²) in [5.74, 6) is 0.316. The topological polar surface area (TPSA) is 55.6 Å². The molecule has 0 radical (unpaired) electrons. The summed E-state index contributed by atoms with van der Waals surface area (Å²) in [5, 5.41) is 0. The zero-order valence-corrected chi connectivity index (χ0v) is 10.3. The number of methoxy groups -OCH3 is 1. The van der Waals surface area contributed by atoms with Crippen molar-refractivity contribution in [3.8, 4) is 0 Å². The van der Waals surface area contributed by atoms with Crippen LogP contribution in [0.5, 0.6) is 0 Å². The SMILES string of the molecule is CCC(CC)C(=O)N(C)CC(N)COC. The zero-order chi connectivity index (χ0) is 11.8. The first kappa shape index (κ1) is 14.4. The monoisotopic (exact) mass is 216 g/mol. The number of hydrogen-bond acceptors (Lipinski definition) is 3. The van der Waals surface area contributed by atoms with Gasteiger partial charge in [-0.15, -0.1) is 0 Å². The maximum atomic E-state index is 11.9. The van der Waals surface area contributed by atoms with E-state index in [9.17, 15) is 4.79 Å². The molecule has 0 rings (SSSR count). The van der Waals surface area contributed by atoms with E-state index in [1.807, 2.05) is 13.8 Å². The van der Waals surface area contributed by atoms with Crippen molar-refractivity contribution in [3.05, 3.63) is 0 Å². The fraction of sp³-hybridized carbons (Fsp3) is 0.909. The van der Waals surface area contributed by atoms with E-state index < -0.39 is 0 Å². The Bertz CT molecular complexity index is 181. The summed E-state index contributed by atoms with van der Waals surface area (Å²) in [6.45, 7) is 5.12. The van der Waals surface area contributed by atoms with Gasteiger partial charge in [0.1, 0.15) is 0 Å². The van der Waals surface area contributed by atoms with Gasteiger partial charge >= 0.3 is 0 Å². The van der Waals surface area contributed by atoms with Crippen LogP contribution in [0.15, 0.2) is 0 Å². The van der Waals surface area contributed by atoms with Crippen LogP contribution < -0.4 is 5.73 Å². The highest BCUT2D eigenvalue weighted by atomic mass is 16.5. The molecule has 0 aliphatic rings. The van der Waals surface area contributed by atoms with Crippen LogP contribution in [0, 0.1) is 5.92 Å². The second-order valence-electron chi connectivity index (χ2n) is 3.95. The lowest BCUT2D eigenvalue weighted by Crippen LogP contribution is -2.43. The van der Waals surface area contributed by atoms with E-state index in [4.69, 9.17) is 10.5 Å². The number of nitrogens with two attached hydrogens (primary N) is 1. The number of hydrogen-bond donors (Lipinski definition) is 1. The predicted molar refractivity (Wildman–Crippen MR) is 61.6 cm³/mol. The minimum Gasteiger partial charge on any atom is -0.383 e. The highest BCUT2D eigenvalue weighted by Gasteiger charge is 2.19. The van der Waals surface area contributed by atoms with Crippen molar-refractivity contribution in [1.29, 1.82) is 0 Å². The largest absolute Gasteiger partial charge is 0.383 e. The van der Waals surface area contributed by atoms with Gasteiger partial charge in [-0.2, -0.15) is 0 Å². The molecule has 1 atom stereocenters. The highest BCUT2D eigenvalue weighted by molar-refractivity contribution is 5.78. The predicted octanol–water partition coefficient (Wildman–Crippen LogP) is 0.855. The van der Waals surface area contributed by atoms with E-state index in [0.29, 0.717) is 13.2 Å². The molecular formula is C11H24N2O2. The Morgan fingerprint density at radius 3 is 2.33 bits per heavy atom. The van der Waals surface area contributed by atoms with Gasteiger partial charge in [0.15, 0.2) is 0 Å². The second-order valence-corrected chi connectivity index (χ2v) is 3.95. The van der Waals surface area contributed by atoms with Crippen molar-refractivity contribution in [2.75, 3.05) is 27.3 Å². The first-order chi connectivity index (χ1) is 7.06. The van der Waals surface area contributed by atoms with Crippen LogP contribution in [0.4, 0.5) is 0 Å². The summed E-state index contributed by atoms with van der Waals surface area (Å²) in [4.78, 5) is 13.6. The summed E-state index contributed by atoms with van der Waals surface area (Å²) in [5.41, 5.74) is 5.79. The number of amides is 1. The van der Waals surface area contributed by atoms with Crippen LogP contribution in [-0.4, -0.2) is 44.2 Å². The fourth-order valence-corrected chi connectivity index (χ4v) is 1.66. The number of carbonyl (C=O) groups excluding carboxylic acids is 1. The van der Waals surface area contributed by atoms with Gasteiger partial charge in [0, 0.05) is 32.7 Å². The molecule has 15 heavy (non-hydrogen) atoms. The normalized spacial score (nSPS) is 12.9. The third kappa shape index (κ3) is 5.14. The lowest BCUT2D eigenvalue weighted by molar-refractivity contribution is -0.134. The number of carbonyl (C=O) groups is 1. The molecule has 1 unspecified atom stereocenters. The van der Waals surface area contributed by atoms with Gasteiger partial charge in [-0.1, -0.05) is 13.8 Å². The van der Waals surface area contributed by atoms with Crippen molar-refractivity contribution in [2.45, 2.75) is 32.7 Å². The summed E-state index contributed by atoms with van der Waals surface area (Å²) in [7, 11) is 3.42. The lowest BCUT2D eigenvalue weighted by Gasteiger charge is -2.24. The van der Waals surface area contributed by atoms with E-state index >= 15 is 0 Å². The molecule has 0 saturated heterocycles. The maximum Gasteiger partial charge on any atom is 0.225 e. The van der Waals surface area contributed by atoms with Gasteiger partial charge in [-0.25, -0.2) is 0 Å². The summed E-state index contributed by atoms with van der Waals surface area (Å²) < 4.78 is 4.93. The Balaban J connectivity index is 4.07. The molecule has 90 valence electrons. The molecule has 0 aromatic carbocycles. The molecular weight excluding hydrogens is 192 g/mol. The van der Waals surface area contributed by atoms with Crippen molar-refractivity contribution >= 4 is 5.91 Å². The highest BCUT2D eigenvalue weighted by Crippen LogP contribution is 2.10. The van der Waals surface area contributed by atoms with Crippen LogP contribution in [0.2, 0.25) is 0 Å². The first-order valence-electron chi connectivity index (χ1n) is 5.56. The van der Waals surface area contributed by atoms with Gasteiger partial charge in [0.05, 0.1) is 6.61 Å². The molecule has 0 aliphatic carbocycles. The van der Waals surface area contributed by atoms with E-state index in [1.165, 1.54) is 0 Å². The summed E-state index contributed by atoms with van der Waals surface area (Å²) in [6.07, 6.45) is 1.78. The van der Waals surface area contributed by atoms with Crippen molar-refractivity contribution < 1.29 is 9.53 Å². The van der Waals surface area contributed by atoms with Gasteiger partial charge in [0.25, 0.3) is 0 Å². The minimum absolute atomic E-state index is 0.0988. The van der Waals surface area contributed by atoms with E-state index in [0.717, 1.165) is 12.8 Å². The first-order valence-corrected chi connectivity index (χ1v) is 5.56. The molecule has 0 saturated carbocycles. The van der Waals surface area contributed by atoms with Crippen LogP contribution >= 0.6 is 0 Å². The summed E-state index contributed by atoms with van der Waals surface area (Å²) in [6, 6.07) is -0.0988. The Morgan fingerprint density at radius 2 is 1.93 bits per heavy atom. The van der Waals surface area contributed by atoms with Gasteiger partial charge in [0.2, 0.25) is 5.91 Å². The second kappa shape index (κ2) is 7.65. The molecule has 0 aliphatic heterocycles. The van der Waals surface area contributed by atoms with Crippen LogP contribution in [0.25, 0.3) is 0 Å². The lowest BCUT2D eigenvalue weighted by atomic mass is 10.0. The molecule has 0 aromatic heterocycles. The number of ether oxygens (including phenoxy) is 1. The average molecular weight is 216 g/mol. The van der Waals surface area contributed by atoms with Crippen LogP contribution in [-0.2, 0) is 9.53 Å². The fourth-order valence-electron chi connectivity index (χ4n) is 1.66. The Labute approximate surface area is 92.8 Å².